The maximum atomic E-state index is 14.3. The van der Waals surface area contributed by atoms with Gasteiger partial charge in [-0.25, -0.2) is 13.3 Å². The zero-order chi connectivity index (χ0) is 45.2. The van der Waals surface area contributed by atoms with Crippen LogP contribution in [0.5, 0.6) is 11.5 Å². The molecular weight excluding hydrogens is 921 g/mol. The average Bonchev–Trinajstić information content (AvgIpc) is 3.57. The van der Waals surface area contributed by atoms with Gasteiger partial charge in [0.2, 0.25) is 6.10 Å². The first-order valence-electron chi connectivity index (χ1n) is 17.1. The molecule has 61 heavy (non-hydrogen) atoms. The molecule has 4 aromatic carbocycles. The first-order chi connectivity index (χ1) is 28.5. The molecule has 21 heteroatoms. The number of allylic oxidation sites excluding steroid dienone is 1. The summed E-state index contributed by atoms with van der Waals surface area (Å²) in [5, 5.41) is 21.9. The van der Waals surface area contributed by atoms with E-state index in [1.54, 1.807) is 48.5 Å². The van der Waals surface area contributed by atoms with Crippen LogP contribution in [0.1, 0.15) is 42.3 Å². The Morgan fingerprint density at radius 1 is 0.967 bits per heavy atom. The Kier molecular flexibility index (Phi) is 14.1. The van der Waals surface area contributed by atoms with Gasteiger partial charge in [-0.3, -0.25) is 4.79 Å². The van der Waals surface area contributed by atoms with Gasteiger partial charge in [0, 0.05) is 15.6 Å². The van der Waals surface area contributed by atoms with Gasteiger partial charge >= 0.3 is 17.7 Å². The lowest BCUT2D eigenvalue weighted by Crippen LogP contribution is -2.18. The minimum absolute atomic E-state index is 0.0627. The topological polar surface area (TPSA) is 144 Å². The monoisotopic (exact) mass is 945 g/mol. The smallest absolute Gasteiger partial charge is 0.454 e. The van der Waals surface area contributed by atoms with Crippen LogP contribution in [0.4, 0.5) is 36.6 Å². The van der Waals surface area contributed by atoms with Crippen LogP contribution >= 0.6 is 46.4 Å². The molecule has 4 atom stereocenters. The third kappa shape index (κ3) is 10.6. The van der Waals surface area contributed by atoms with Crippen LogP contribution in [0, 0.1) is 45.7 Å². The van der Waals surface area contributed by atoms with Crippen molar-refractivity contribution in [2.75, 3.05) is 5.73 Å². The molecule has 6 rings (SSSR count). The molecule has 0 amide bonds. The lowest BCUT2D eigenvalue weighted by Gasteiger charge is -2.14. The summed E-state index contributed by atoms with van der Waals surface area (Å²) in [6.45, 7) is 3.88. The Balaban J connectivity index is 0.000000242. The fourth-order valence-electron chi connectivity index (χ4n) is 5.93. The maximum Gasteiger partial charge on any atom is 0.476 e. The summed E-state index contributed by atoms with van der Waals surface area (Å²) in [5.74, 6) is -2.26. The van der Waals surface area contributed by atoms with E-state index < -0.39 is 89.4 Å². The Morgan fingerprint density at radius 3 is 2.11 bits per heavy atom. The van der Waals surface area contributed by atoms with Crippen molar-refractivity contribution < 1.29 is 49.2 Å². The first-order valence-corrected chi connectivity index (χ1v) is 19.7. The number of nitriles is 2. The number of hydrogen-bond donors (Lipinski definition) is 1. The van der Waals surface area contributed by atoms with Gasteiger partial charge in [0.15, 0.2) is 28.1 Å². The number of aromatic nitrogens is 2. The van der Waals surface area contributed by atoms with Crippen molar-refractivity contribution in [3.05, 3.63) is 134 Å². The molecule has 1 aromatic heterocycles. The molecular formula is C40H26Cl4F7N5O4S. The van der Waals surface area contributed by atoms with Crippen LogP contribution in [-0.2, 0) is 26.5 Å². The number of carbonyl (C=O) groups excluding carboxylic acids is 1. The number of rotatable bonds is 9. The number of nitrogens with two attached hydrogens (primary N) is 1. The highest BCUT2D eigenvalue weighted by atomic mass is 35.5. The second-order valence-corrected chi connectivity index (χ2v) is 16.6. The molecule has 1 heterocycles. The Bertz CT molecular complexity index is 2590. The van der Waals surface area contributed by atoms with Crippen LogP contribution in [0.25, 0.3) is 10.7 Å². The predicted molar refractivity (Wildman–Crippen MR) is 214 cm³/mol. The summed E-state index contributed by atoms with van der Waals surface area (Å²) in [7, 11) is -3.71. The number of carbonyl (C=O) groups is 1. The van der Waals surface area contributed by atoms with Crippen molar-refractivity contribution in [3.8, 4) is 29.3 Å². The summed E-state index contributed by atoms with van der Waals surface area (Å²) < 4.78 is 114. The van der Waals surface area contributed by atoms with E-state index in [-0.39, 0.29) is 11.7 Å². The minimum atomic E-state index is -5.25. The van der Waals surface area contributed by atoms with E-state index in [1.807, 2.05) is 32.1 Å². The van der Waals surface area contributed by atoms with Crippen molar-refractivity contribution in [1.29, 1.82) is 10.5 Å². The second kappa shape index (κ2) is 18.4. The van der Waals surface area contributed by atoms with E-state index in [9.17, 15) is 45.0 Å². The summed E-state index contributed by atoms with van der Waals surface area (Å²) in [4.78, 5) is 11.9. The van der Waals surface area contributed by atoms with Crippen LogP contribution < -0.4 is 10.5 Å². The second-order valence-electron chi connectivity index (χ2n) is 13.5. The number of anilines is 1. The van der Waals surface area contributed by atoms with Crippen molar-refractivity contribution in [3.63, 3.8) is 0 Å². The number of benzene rings is 4. The van der Waals surface area contributed by atoms with E-state index in [1.165, 1.54) is 24.3 Å². The maximum absolute atomic E-state index is 14.3. The standard InChI is InChI=1S/C28H22Cl2FNO3.C12H4Cl2F6N4OS/c1-28(2)21(15-22(30)17-8-11-19(29)12-9-17)26(28)27(33)35-25(16-32)18-10-13-23(31)24(14-18)34-20-6-4-3-5-7-20;13-5-1-4(11(15,16)17)2-6(14)8(5)24-10(22)9(7(3-21)23-24)26(25)12(18,19)20/h3-15,21,25-26H,1-2H3;1-2H,22H2/b22-15-;. The largest absolute Gasteiger partial charge is 0.476 e. The molecule has 2 N–H and O–H groups in total. The molecule has 1 aliphatic carbocycles. The van der Waals surface area contributed by atoms with Gasteiger partial charge in [-0.1, -0.05) is 103 Å². The quantitative estimate of drug-likeness (QED) is 0.114. The molecule has 318 valence electrons. The lowest BCUT2D eigenvalue weighted by atomic mass is 10.1. The van der Waals surface area contributed by atoms with Crippen LogP contribution in [0.3, 0.4) is 0 Å². The van der Waals surface area contributed by atoms with Gasteiger partial charge in [-0.15, -0.1) is 0 Å². The minimum Gasteiger partial charge on any atom is -0.454 e. The Hall–Kier alpha value is -5.30. The normalized spacial score (nSPS) is 16.9. The number of hydrogen-bond acceptors (Lipinski definition) is 8. The SMILES string of the molecule is CC1(C)C(/C=C(\Cl)c2ccc(Cl)cc2)C1C(=O)OC(C#N)c1ccc(F)c(Oc2ccccc2)c1.N#Cc1nn(-c2c(Cl)cc(C(F)(F)F)cc2Cl)c(N)c1S(=O)C(F)(F)F. The fraction of sp³-hybridized carbons (Fsp3) is 0.200. The molecule has 1 saturated carbocycles. The van der Waals surface area contributed by atoms with Gasteiger partial charge in [0.25, 0.3) is 0 Å². The number of nitrogens with zero attached hydrogens (tertiary/aromatic N) is 4. The van der Waals surface area contributed by atoms with Crippen molar-refractivity contribution in [1.82, 2.24) is 9.78 Å². The van der Waals surface area contributed by atoms with Crippen LogP contribution in [-0.4, -0.2) is 25.5 Å². The summed E-state index contributed by atoms with van der Waals surface area (Å²) >= 11 is 23.9. The number of nitrogen functional groups attached to an aromatic ring is 1. The summed E-state index contributed by atoms with van der Waals surface area (Å²) in [6, 6.07) is 23.9. The molecule has 0 radical (unpaired) electrons. The summed E-state index contributed by atoms with van der Waals surface area (Å²) in [6.07, 6.45) is -4.17. The number of halogens is 11. The van der Waals surface area contributed by atoms with Gasteiger partial charge < -0.3 is 15.2 Å². The predicted octanol–water partition coefficient (Wildman–Crippen LogP) is 12.2. The average molecular weight is 948 g/mol. The van der Waals surface area contributed by atoms with Crippen molar-refractivity contribution >= 4 is 74.0 Å². The molecule has 5 aromatic rings. The van der Waals surface area contributed by atoms with E-state index in [4.69, 9.17) is 66.9 Å². The molecule has 1 aliphatic rings. The van der Waals surface area contributed by atoms with Gasteiger partial charge in [0.1, 0.15) is 34.3 Å². The van der Waals surface area contributed by atoms with Gasteiger partial charge in [-0.05, 0) is 65.4 Å². The van der Waals surface area contributed by atoms with Gasteiger partial charge in [-0.2, -0.15) is 42.0 Å². The Morgan fingerprint density at radius 2 is 1.57 bits per heavy atom. The molecule has 0 bridgehead atoms. The fourth-order valence-corrected chi connectivity index (χ4v) is 7.73. The molecule has 9 nitrogen and oxygen atoms in total. The number of ether oxygens (including phenoxy) is 2. The molecule has 4 unspecified atom stereocenters. The zero-order valence-electron chi connectivity index (χ0n) is 31.0. The number of esters is 1. The first kappa shape index (κ1) is 46.8. The highest BCUT2D eigenvalue weighted by molar-refractivity contribution is 7.86. The molecule has 0 spiro atoms. The van der Waals surface area contributed by atoms with E-state index >= 15 is 0 Å². The van der Waals surface area contributed by atoms with E-state index in [0.717, 1.165) is 5.56 Å². The van der Waals surface area contributed by atoms with Crippen molar-refractivity contribution in [2.24, 2.45) is 17.3 Å². The van der Waals surface area contributed by atoms with Crippen LogP contribution in [0.15, 0.2) is 95.9 Å². The van der Waals surface area contributed by atoms with E-state index in [0.29, 0.717) is 38.2 Å². The zero-order valence-corrected chi connectivity index (χ0v) is 34.8. The molecule has 0 aliphatic heterocycles. The summed E-state index contributed by atoms with van der Waals surface area (Å²) in [5.41, 5.74) is -1.71. The Labute approximate surface area is 365 Å². The molecule has 0 saturated heterocycles. The highest BCUT2D eigenvalue weighted by Gasteiger charge is 2.62. The van der Waals surface area contributed by atoms with Gasteiger partial charge in [0.05, 0.1) is 21.5 Å². The lowest BCUT2D eigenvalue weighted by molar-refractivity contribution is -0.149. The molecule has 1 fully saturated rings. The van der Waals surface area contributed by atoms with E-state index in [2.05, 4.69) is 5.10 Å². The third-order valence-corrected chi connectivity index (χ3v) is 11.5. The number of para-hydroxylation sites is 1. The third-order valence-electron chi connectivity index (χ3n) is 9.12. The highest BCUT2D eigenvalue weighted by Crippen LogP contribution is 2.60. The van der Waals surface area contributed by atoms with Crippen LogP contribution in [0.2, 0.25) is 15.1 Å². The van der Waals surface area contributed by atoms with Crippen molar-refractivity contribution in [2.45, 2.75) is 36.5 Å². The number of alkyl halides is 6.